The Hall–Kier alpha value is -2.63. The Balaban J connectivity index is 1.78. The molecule has 1 aliphatic heterocycles. The van der Waals surface area contributed by atoms with Crippen LogP contribution in [0.2, 0.25) is 0 Å². The average molecular weight is 355 g/mol. The summed E-state index contributed by atoms with van der Waals surface area (Å²) in [5, 5.41) is 12.4. The zero-order chi connectivity index (χ0) is 18.7. The summed E-state index contributed by atoms with van der Waals surface area (Å²) in [5.74, 6) is 0.523. The molecule has 6 heteroatoms. The predicted molar refractivity (Wildman–Crippen MR) is 103 cm³/mol. The zero-order valence-corrected chi connectivity index (χ0v) is 15.3. The van der Waals surface area contributed by atoms with Gasteiger partial charge in [-0.1, -0.05) is 6.92 Å². The minimum atomic E-state index is -0.974. The summed E-state index contributed by atoms with van der Waals surface area (Å²) in [6.07, 6.45) is 2.19. The lowest BCUT2D eigenvalue weighted by molar-refractivity contribution is -0.138. The highest BCUT2D eigenvalue weighted by Crippen LogP contribution is 2.28. The molecule has 1 aromatic carbocycles. The van der Waals surface area contributed by atoms with Crippen LogP contribution in [-0.4, -0.2) is 35.1 Å². The van der Waals surface area contributed by atoms with Crippen molar-refractivity contribution < 1.29 is 14.7 Å². The van der Waals surface area contributed by atoms with Gasteiger partial charge in [0.1, 0.15) is 5.82 Å². The van der Waals surface area contributed by atoms with E-state index in [0.29, 0.717) is 5.69 Å². The Bertz CT molecular complexity index is 826. The van der Waals surface area contributed by atoms with Crippen LogP contribution in [0.3, 0.4) is 0 Å². The highest BCUT2D eigenvalue weighted by Gasteiger charge is 2.18. The first-order valence-corrected chi connectivity index (χ1v) is 9.10. The molecular weight excluding hydrogens is 330 g/mol. The van der Waals surface area contributed by atoms with Crippen molar-refractivity contribution in [2.75, 3.05) is 23.3 Å². The predicted octanol–water partition coefficient (Wildman–Crippen LogP) is 3.58. The Morgan fingerprint density at radius 2 is 1.96 bits per heavy atom. The molecule has 3 rings (SSSR count). The number of nitrogens with one attached hydrogen (secondary N) is 1. The van der Waals surface area contributed by atoms with Crippen molar-refractivity contribution >= 4 is 34.3 Å². The summed E-state index contributed by atoms with van der Waals surface area (Å²) >= 11 is 0. The van der Waals surface area contributed by atoms with Gasteiger partial charge in [0.25, 0.3) is 0 Å². The normalized spacial score (nSPS) is 15.2. The third-order valence-electron chi connectivity index (χ3n) is 4.96. The third kappa shape index (κ3) is 4.31. The molecule has 0 atom stereocenters. The highest BCUT2D eigenvalue weighted by molar-refractivity contribution is 5.95. The standard InChI is InChI=1S/C20H25N3O3/c1-13-7-9-23(10-8-13)18-11-14(2)16-12-15(3-4-17(16)22-18)21-19(24)5-6-20(25)26/h3-4,11-13H,5-10H2,1-2H3,(H,21,24)(H,25,26). The lowest BCUT2D eigenvalue weighted by atomic mass is 9.99. The number of anilines is 2. The van der Waals surface area contributed by atoms with Crippen LogP contribution in [-0.2, 0) is 9.59 Å². The number of carbonyl (C=O) groups excluding carboxylic acids is 1. The number of aliphatic carboxylic acids is 1. The fourth-order valence-electron chi connectivity index (χ4n) is 3.30. The first-order valence-electron chi connectivity index (χ1n) is 9.10. The molecule has 26 heavy (non-hydrogen) atoms. The van der Waals surface area contributed by atoms with Gasteiger partial charge in [-0.2, -0.15) is 0 Å². The molecule has 0 unspecified atom stereocenters. The van der Waals surface area contributed by atoms with Gasteiger partial charge in [-0.3, -0.25) is 9.59 Å². The van der Waals surface area contributed by atoms with Crippen molar-refractivity contribution in [1.82, 2.24) is 4.98 Å². The molecule has 1 amide bonds. The molecule has 1 aromatic heterocycles. The number of piperidine rings is 1. The van der Waals surface area contributed by atoms with Gasteiger partial charge in [0.15, 0.2) is 0 Å². The molecule has 0 radical (unpaired) electrons. The minimum absolute atomic E-state index is 0.0308. The van der Waals surface area contributed by atoms with Crippen molar-refractivity contribution in [3.8, 4) is 0 Å². The van der Waals surface area contributed by atoms with Crippen molar-refractivity contribution in [1.29, 1.82) is 0 Å². The number of aryl methyl sites for hydroxylation is 1. The number of fused-ring (bicyclic) bond motifs is 1. The van der Waals surface area contributed by atoms with Crippen molar-refractivity contribution in [3.05, 3.63) is 29.8 Å². The quantitative estimate of drug-likeness (QED) is 0.856. The molecule has 138 valence electrons. The Morgan fingerprint density at radius 3 is 2.65 bits per heavy atom. The van der Waals surface area contributed by atoms with Crippen LogP contribution in [0.5, 0.6) is 0 Å². The van der Waals surface area contributed by atoms with Gasteiger partial charge in [-0.25, -0.2) is 4.98 Å². The molecule has 0 spiro atoms. The third-order valence-corrected chi connectivity index (χ3v) is 4.96. The molecule has 2 N–H and O–H groups in total. The second-order valence-electron chi connectivity index (χ2n) is 7.14. The van der Waals surface area contributed by atoms with Gasteiger partial charge in [-0.05, 0) is 55.5 Å². The lowest BCUT2D eigenvalue weighted by Gasteiger charge is -2.31. The van der Waals surface area contributed by atoms with E-state index in [9.17, 15) is 9.59 Å². The smallest absolute Gasteiger partial charge is 0.303 e. The summed E-state index contributed by atoms with van der Waals surface area (Å²) in [7, 11) is 0. The molecule has 6 nitrogen and oxygen atoms in total. The number of carboxylic acids is 1. The number of rotatable bonds is 5. The second kappa shape index (κ2) is 7.72. The summed E-state index contributed by atoms with van der Waals surface area (Å²) in [6.45, 7) is 6.42. The maximum absolute atomic E-state index is 11.8. The first-order chi connectivity index (χ1) is 12.4. The molecular formula is C20H25N3O3. The number of aromatic nitrogens is 1. The molecule has 2 aromatic rings. The number of hydrogen-bond donors (Lipinski definition) is 2. The van der Waals surface area contributed by atoms with Crippen LogP contribution in [0.1, 0.15) is 38.2 Å². The summed E-state index contributed by atoms with van der Waals surface area (Å²) < 4.78 is 0. The minimum Gasteiger partial charge on any atom is -0.481 e. The van der Waals surface area contributed by atoms with Crippen LogP contribution < -0.4 is 10.2 Å². The van der Waals surface area contributed by atoms with E-state index in [2.05, 4.69) is 30.1 Å². The summed E-state index contributed by atoms with van der Waals surface area (Å²) in [4.78, 5) is 29.5. The monoisotopic (exact) mass is 355 g/mol. The van der Waals surface area contributed by atoms with Crippen molar-refractivity contribution in [2.24, 2.45) is 5.92 Å². The van der Waals surface area contributed by atoms with Crippen LogP contribution in [0.15, 0.2) is 24.3 Å². The number of carbonyl (C=O) groups is 2. The molecule has 0 saturated carbocycles. The fraction of sp³-hybridized carbons (Fsp3) is 0.450. The molecule has 0 aliphatic carbocycles. The van der Waals surface area contributed by atoms with E-state index < -0.39 is 5.97 Å². The van der Waals surface area contributed by atoms with E-state index in [0.717, 1.165) is 41.3 Å². The first kappa shape index (κ1) is 18.2. The van der Waals surface area contributed by atoms with E-state index in [1.807, 2.05) is 18.2 Å². The van der Waals surface area contributed by atoms with E-state index in [-0.39, 0.29) is 18.7 Å². The number of pyridine rings is 1. The highest BCUT2D eigenvalue weighted by atomic mass is 16.4. The van der Waals surface area contributed by atoms with Gasteiger partial charge < -0.3 is 15.3 Å². The second-order valence-corrected chi connectivity index (χ2v) is 7.14. The molecule has 1 aliphatic rings. The van der Waals surface area contributed by atoms with E-state index in [1.165, 1.54) is 12.8 Å². The van der Waals surface area contributed by atoms with Crippen molar-refractivity contribution in [3.63, 3.8) is 0 Å². The topological polar surface area (TPSA) is 82.5 Å². The Morgan fingerprint density at radius 1 is 1.23 bits per heavy atom. The fourth-order valence-corrected chi connectivity index (χ4v) is 3.30. The number of benzene rings is 1. The maximum Gasteiger partial charge on any atom is 0.303 e. The van der Waals surface area contributed by atoms with Crippen LogP contribution in [0.4, 0.5) is 11.5 Å². The van der Waals surface area contributed by atoms with Crippen LogP contribution in [0.25, 0.3) is 10.9 Å². The van der Waals surface area contributed by atoms with E-state index >= 15 is 0 Å². The zero-order valence-electron chi connectivity index (χ0n) is 15.3. The summed E-state index contributed by atoms with van der Waals surface area (Å²) in [6, 6.07) is 7.73. The molecule has 1 fully saturated rings. The van der Waals surface area contributed by atoms with E-state index in [4.69, 9.17) is 10.1 Å². The number of hydrogen-bond acceptors (Lipinski definition) is 4. The summed E-state index contributed by atoms with van der Waals surface area (Å²) in [5.41, 5.74) is 2.68. The number of amides is 1. The SMILES string of the molecule is Cc1cc(N2CCC(C)CC2)nc2ccc(NC(=O)CCC(=O)O)cc12. The Labute approximate surface area is 153 Å². The number of carboxylic acid groups (broad SMARTS) is 1. The van der Waals surface area contributed by atoms with Crippen LogP contribution >= 0.6 is 0 Å². The van der Waals surface area contributed by atoms with Gasteiger partial charge >= 0.3 is 5.97 Å². The average Bonchev–Trinajstić information content (AvgIpc) is 2.61. The molecule has 1 saturated heterocycles. The van der Waals surface area contributed by atoms with Gasteiger partial charge in [-0.15, -0.1) is 0 Å². The van der Waals surface area contributed by atoms with Gasteiger partial charge in [0, 0.05) is 30.6 Å². The molecule has 0 bridgehead atoms. The Kier molecular flexibility index (Phi) is 5.40. The van der Waals surface area contributed by atoms with Crippen LogP contribution in [0, 0.1) is 12.8 Å². The lowest BCUT2D eigenvalue weighted by Crippen LogP contribution is -2.33. The van der Waals surface area contributed by atoms with Gasteiger partial charge in [0.2, 0.25) is 5.91 Å². The van der Waals surface area contributed by atoms with Gasteiger partial charge in [0.05, 0.1) is 11.9 Å². The van der Waals surface area contributed by atoms with E-state index in [1.54, 1.807) is 0 Å². The largest absolute Gasteiger partial charge is 0.481 e. The van der Waals surface area contributed by atoms with Crippen molar-refractivity contribution in [2.45, 2.75) is 39.5 Å². The molecule has 2 heterocycles. The number of nitrogens with zero attached hydrogens (tertiary/aromatic N) is 2. The maximum atomic E-state index is 11.8.